The van der Waals surface area contributed by atoms with E-state index in [0.29, 0.717) is 19.4 Å². The van der Waals surface area contributed by atoms with Gasteiger partial charge in [-0.1, -0.05) is 44.2 Å². The van der Waals surface area contributed by atoms with Crippen LogP contribution < -0.4 is 10.4 Å². The average Bonchev–Trinajstić information content (AvgIpc) is 3.14. The van der Waals surface area contributed by atoms with Crippen molar-refractivity contribution in [3.63, 3.8) is 0 Å². The van der Waals surface area contributed by atoms with Gasteiger partial charge >= 0.3 is 6.09 Å². The first-order valence-electron chi connectivity index (χ1n) is 8.86. The van der Waals surface area contributed by atoms with Gasteiger partial charge in [0.05, 0.1) is 5.97 Å². The van der Waals surface area contributed by atoms with Crippen LogP contribution in [0.3, 0.4) is 0 Å². The van der Waals surface area contributed by atoms with Gasteiger partial charge in [-0.05, 0) is 18.4 Å². The van der Waals surface area contributed by atoms with Crippen molar-refractivity contribution in [3.05, 3.63) is 35.9 Å². The Labute approximate surface area is 158 Å². The van der Waals surface area contributed by atoms with Gasteiger partial charge in [0.25, 0.3) is 0 Å². The van der Waals surface area contributed by atoms with Crippen LogP contribution in [0.25, 0.3) is 0 Å². The lowest BCUT2D eigenvalue weighted by atomic mass is 9.86. The Hall–Kier alpha value is -2.61. The number of aliphatic carboxylic acids is 1. The number of aliphatic hydroxyl groups is 1. The summed E-state index contributed by atoms with van der Waals surface area (Å²) in [7, 11) is 0. The summed E-state index contributed by atoms with van der Waals surface area (Å²) >= 11 is 0. The monoisotopic (exact) mass is 377 g/mol. The molecule has 1 aliphatic rings. The molecule has 1 aromatic carbocycles. The van der Waals surface area contributed by atoms with E-state index in [1.807, 2.05) is 30.3 Å². The highest BCUT2D eigenvalue weighted by molar-refractivity contribution is 5.86. The molecule has 0 spiro atoms. The zero-order valence-corrected chi connectivity index (χ0v) is 15.5. The highest BCUT2D eigenvalue weighted by Gasteiger charge is 2.36. The highest BCUT2D eigenvalue weighted by atomic mass is 16.6. The second-order valence-corrected chi connectivity index (χ2v) is 7.32. The topological polar surface area (TPSA) is 119 Å². The van der Waals surface area contributed by atoms with Crippen LogP contribution >= 0.6 is 0 Å². The van der Waals surface area contributed by atoms with Gasteiger partial charge in [0.1, 0.15) is 18.8 Å². The molecule has 0 bridgehead atoms. The fraction of sp³-hybridized carbons (Fsp3) is 0.526. The predicted octanol–water partition coefficient (Wildman–Crippen LogP) is 0.0408. The third kappa shape index (κ3) is 5.43. The van der Waals surface area contributed by atoms with Gasteiger partial charge in [-0.3, -0.25) is 9.69 Å². The van der Waals surface area contributed by atoms with Crippen LogP contribution in [0.4, 0.5) is 4.79 Å². The van der Waals surface area contributed by atoms with Crippen molar-refractivity contribution >= 4 is 18.0 Å². The minimum absolute atomic E-state index is 0.0651. The molecule has 1 aromatic rings. The smallest absolute Gasteiger partial charge is 0.410 e. The van der Waals surface area contributed by atoms with Crippen molar-refractivity contribution in [2.75, 3.05) is 13.1 Å². The molecule has 2 rings (SSSR count). The van der Waals surface area contributed by atoms with Gasteiger partial charge in [-0.2, -0.15) is 0 Å². The van der Waals surface area contributed by atoms with Gasteiger partial charge in [-0.25, -0.2) is 4.79 Å². The molecule has 0 aliphatic carbocycles. The fourth-order valence-electron chi connectivity index (χ4n) is 2.91. The van der Waals surface area contributed by atoms with E-state index >= 15 is 0 Å². The molecule has 2 atom stereocenters. The number of aliphatic hydroxyl groups excluding tert-OH is 1. The van der Waals surface area contributed by atoms with Crippen LogP contribution in [0.1, 0.15) is 32.3 Å². The van der Waals surface area contributed by atoms with Crippen LogP contribution in [0.5, 0.6) is 0 Å². The number of amides is 2. The summed E-state index contributed by atoms with van der Waals surface area (Å²) in [6.45, 7) is 3.49. The molecule has 1 saturated heterocycles. The molecule has 2 amide bonds. The summed E-state index contributed by atoms with van der Waals surface area (Å²) in [6.07, 6.45) is -1.11. The third-order valence-electron chi connectivity index (χ3n) is 4.68. The van der Waals surface area contributed by atoms with E-state index in [9.17, 15) is 24.6 Å². The van der Waals surface area contributed by atoms with Gasteiger partial charge in [0.15, 0.2) is 0 Å². The van der Waals surface area contributed by atoms with Crippen molar-refractivity contribution in [1.29, 1.82) is 0 Å². The summed E-state index contributed by atoms with van der Waals surface area (Å²) in [4.78, 5) is 37.0. The number of hydrogen-bond acceptors (Lipinski definition) is 6. The molecule has 0 aromatic heterocycles. The van der Waals surface area contributed by atoms with E-state index in [4.69, 9.17) is 4.74 Å². The van der Waals surface area contributed by atoms with Gasteiger partial charge < -0.3 is 25.1 Å². The summed E-state index contributed by atoms with van der Waals surface area (Å²) in [5, 5.41) is 23.1. The molecular weight excluding hydrogens is 352 g/mol. The second kappa shape index (κ2) is 8.85. The maximum atomic E-state index is 12.5. The number of benzene rings is 1. The highest BCUT2D eigenvalue weighted by Crippen LogP contribution is 2.22. The molecule has 2 N–H and O–H groups in total. The van der Waals surface area contributed by atoms with Crippen molar-refractivity contribution < 1.29 is 29.3 Å². The molecule has 148 valence electrons. The Bertz CT molecular complexity index is 676. The summed E-state index contributed by atoms with van der Waals surface area (Å²) in [5.41, 5.74) is -0.254. The molecule has 0 unspecified atom stereocenters. The fourth-order valence-corrected chi connectivity index (χ4v) is 2.91. The van der Waals surface area contributed by atoms with Crippen molar-refractivity contribution in [2.24, 2.45) is 5.41 Å². The van der Waals surface area contributed by atoms with E-state index in [1.165, 1.54) is 18.7 Å². The van der Waals surface area contributed by atoms with E-state index in [2.05, 4.69) is 5.32 Å². The second-order valence-electron chi connectivity index (χ2n) is 7.32. The molecule has 8 nitrogen and oxygen atoms in total. The number of rotatable bonds is 7. The predicted molar refractivity (Wildman–Crippen MR) is 94.2 cm³/mol. The third-order valence-corrected chi connectivity index (χ3v) is 4.68. The average molecular weight is 377 g/mol. The van der Waals surface area contributed by atoms with Crippen molar-refractivity contribution in [2.45, 2.75) is 45.4 Å². The van der Waals surface area contributed by atoms with Gasteiger partial charge in [-0.15, -0.1) is 0 Å². The minimum atomic E-state index is -1.71. The zero-order chi connectivity index (χ0) is 20.0. The quantitative estimate of drug-likeness (QED) is 0.693. The van der Waals surface area contributed by atoms with Crippen LogP contribution in [-0.4, -0.2) is 53.2 Å². The first kappa shape index (κ1) is 20.7. The number of nitrogens with one attached hydrogen (secondary N) is 1. The summed E-state index contributed by atoms with van der Waals surface area (Å²) in [6, 6.07) is 8.56. The summed E-state index contributed by atoms with van der Waals surface area (Å²) < 4.78 is 5.29. The molecule has 1 aliphatic heterocycles. The number of ether oxygens (including phenoxy) is 1. The lowest BCUT2D eigenvalue weighted by Crippen LogP contribution is -2.52. The normalized spacial score (nSPS) is 18.0. The molecule has 1 fully saturated rings. The number of likely N-dealkylation sites (tertiary alicyclic amines) is 1. The first-order valence-corrected chi connectivity index (χ1v) is 8.86. The number of carboxylic acids is 1. The zero-order valence-electron chi connectivity index (χ0n) is 15.5. The Balaban J connectivity index is 1.89. The molecule has 0 saturated carbocycles. The number of nitrogens with zero attached hydrogens (tertiary/aromatic N) is 1. The maximum absolute atomic E-state index is 12.5. The standard InChI is InChI=1S/C19H26N2O6/c1-19(2,15(22)17(24)25)12-20-16(23)14-9-6-10-21(14)18(26)27-11-13-7-4-3-5-8-13/h3-5,7-8,14-15,22H,6,9-12H2,1-2H3,(H,20,23)(H,24,25)/p-1/t14-,15-/m0/s1. The number of hydrogen-bond donors (Lipinski definition) is 2. The number of carbonyl (C=O) groups excluding carboxylic acids is 3. The lowest BCUT2D eigenvalue weighted by Gasteiger charge is -2.32. The molecule has 1 heterocycles. The van der Waals surface area contributed by atoms with Crippen LogP contribution in [0.15, 0.2) is 30.3 Å². The number of carboxylic acid groups (broad SMARTS) is 1. The minimum Gasteiger partial charge on any atom is -0.547 e. The molecular formula is C19H25N2O6-. The van der Waals surface area contributed by atoms with Gasteiger partial charge in [0, 0.05) is 18.5 Å². The Morgan fingerprint density at radius 2 is 2.00 bits per heavy atom. The van der Waals surface area contributed by atoms with E-state index in [-0.39, 0.29) is 13.2 Å². The van der Waals surface area contributed by atoms with Crippen molar-refractivity contribution in [1.82, 2.24) is 10.2 Å². The van der Waals surface area contributed by atoms with E-state index < -0.39 is 35.5 Å². The Kier molecular flexibility index (Phi) is 6.79. The first-order chi connectivity index (χ1) is 12.7. The molecule has 8 heteroatoms. The van der Waals surface area contributed by atoms with E-state index in [1.54, 1.807) is 0 Å². The van der Waals surface area contributed by atoms with Crippen LogP contribution in [0, 0.1) is 5.41 Å². The van der Waals surface area contributed by atoms with Crippen LogP contribution in [-0.2, 0) is 20.9 Å². The van der Waals surface area contributed by atoms with E-state index in [0.717, 1.165) is 5.56 Å². The van der Waals surface area contributed by atoms with Crippen LogP contribution in [0.2, 0.25) is 0 Å². The Morgan fingerprint density at radius 3 is 2.63 bits per heavy atom. The summed E-state index contributed by atoms with van der Waals surface area (Å²) in [5.74, 6) is -2.00. The maximum Gasteiger partial charge on any atom is 0.410 e. The number of carbonyl (C=O) groups is 3. The van der Waals surface area contributed by atoms with Gasteiger partial charge in [0.2, 0.25) is 5.91 Å². The lowest BCUT2D eigenvalue weighted by molar-refractivity contribution is -0.319. The molecule has 0 radical (unpaired) electrons. The van der Waals surface area contributed by atoms with Crippen molar-refractivity contribution in [3.8, 4) is 0 Å². The SMILES string of the molecule is CC(C)(CNC(=O)[C@@H]1CCCN1C(=O)OCc1ccccc1)[C@@H](O)C(=O)[O-]. The molecule has 27 heavy (non-hydrogen) atoms. The largest absolute Gasteiger partial charge is 0.547 e. The Morgan fingerprint density at radius 1 is 1.33 bits per heavy atom.